The van der Waals surface area contributed by atoms with Gasteiger partial charge in [-0.05, 0) is 59.7 Å². The molecule has 0 bridgehead atoms. The Bertz CT molecular complexity index is 1040. The summed E-state index contributed by atoms with van der Waals surface area (Å²) in [5.41, 5.74) is 5.50. The smallest absolute Gasteiger partial charge is 0.116 e. The maximum atomic E-state index is 9.82. The number of pyridine rings is 1. The number of phenols is 2. The number of nitrogens with zero attached hydrogens (tertiary/aromatic N) is 1. The molecule has 0 spiro atoms. The van der Waals surface area contributed by atoms with Crippen molar-refractivity contribution in [3.63, 3.8) is 0 Å². The molecule has 126 valence electrons. The van der Waals surface area contributed by atoms with Gasteiger partial charge in [-0.2, -0.15) is 0 Å². The van der Waals surface area contributed by atoms with E-state index < -0.39 is 0 Å². The number of hydrogen-bond donors (Lipinski definition) is 2. The second-order valence-electron chi connectivity index (χ2n) is 6.09. The second kappa shape index (κ2) is 6.73. The Morgan fingerprint density at radius 1 is 0.462 bits per heavy atom. The first-order valence-electron chi connectivity index (χ1n) is 8.35. The van der Waals surface area contributed by atoms with E-state index in [-0.39, 0.29) is 11.5 Å². The highest BCUT2D eigenvalue weighted by atomic mass is 16.3. The van der Waals surface area contributed by atoms with E-state index in [2.05, 4.69) is 12.1 Å². The van der Waals surface area contributed by atoms with Crippen LogP contribution in [0, 0.1) is 0 Å². The Morgan fingerprint density at radius 3 is 1.81 bits per heavy atom. The van der Waals surface area contributed by atoms with Crippen molar-refractivity contribution in [2.45, 2.75) is 0 Å². The standard InChI is InChI=1S/C23H17NO2/c25-20-11-9-17(10-12-20)22-14-19(16-5-2-1-3-6-16)15-23(24-22)18-7-4-8-21(26)13-18/h1-15,25-26H. The second-order valence-corrected chi connectivity index (χ2v) is 6.09. The minimum atomic E-state index is 0.209. The Kier molecular flexibility index (Phi) is 4.12. The molecule has 0 amide bonds. The van der Waals surface area contributed by atoms with Crippen molar-refractivity contribution < 1.29 is 10.2 Å². The van der Waals surface area contributed by atoms with Gasteiger partial charge in [0.2, 0.25) is 0 Å². The van der Waals surface area contributed by atoms with Gasteiger partial charge in [-0.15, -0.1) is 0 Å². The maximum absolute atomic E-state index is 9.82. The summed E-state index contributed by atoms with van der Waals surface area (Å²) in [6, 6.07) is 28.3. The molecule has 3 aromatic carbocycles. The summed E-state index contributed by atoms with van der Waals surface area (Å²) >= 11 is 0. The van der Waals surface area contributed by atoms with Gasteiger partial charge >= 0.3 is 0 Å². The predicted molar refractivity (Wildman–Crippen MR) is 104 cm³/mol. The zero-order valence-electron chi connectivity index (χ0n) is 14.0. The first kappa shape index (κ1) is 15.9. The van der Waals surface area contributed by atoms with E-state index in [1.807, 2.05) is 54.6 Å². The summed E-state index contributed by atoms with van der Waals surface area (Å²) in [6.07, 6.45) is 0. The van der Waals surface area contributed by atoms with E-state index in [4.69, 9.17) is 4.98 Å². The van der Waals surface area contributed by atoms with Crippen molar-refractivity contribution in [2.24, 2.45) is 0 Å². The molecule has 0 unspecified atom stereocenters. The van der Waals surface area contributed by atoms with Crippen molar-refractivity contribution in [3.8, 4) is 45.1 Å². The van der Waals surface area contributed by atoms with E-state index in [1.54, 1.807) is 24.3 Å². The fourth-order valence-electron chi connectivity index (χ4n) is 2.92. The molecule has 0 atom stereocenters. The average Bonchev–Trinajstić information content (AvgIpc) is 2.69. The number of rotatable bonds is 3. The molecule has 0 saturated heterocycles. The Labute approximate surface area is 151 Å². The van der Waals surface area contributed by atoms with E-state index in [1.165, 1.54) is 0 Å². The van der Waals surface area contributed by atoms with E-state index in [0.29, 0.717) is 0 Å². The summed E-state index contributed by atoms with van der Waals surface area (Å²) in [7, 11) is 0. The molecular weight excluding hydrogens is 322 g/mol. The van der Waals surface area contributed by atoms with Crippen LogP contribution in [0.4, 0.5) is 0 Å². The van der Waals surface area contributed by atoms with Crippen molar-refractivity contribution in [1.82, 2.24) is 4.98 Å². The van der Waals surface area contributed by atoms with Gasteiger partial charge in [0, 0.05) is 11.1 Å². The average molecular weight is 339 g/mol. The van der Waals surface area contributed by atoms with Crippen LogP contribution in [0.15, 0.2) is 91.0 Å². The highest BCUT2D eigenvalue weighted by molar-refractivity contribution is 5.77. The zero-order chi connectivity index (χ0) is 17.9. The van der Waals surface area contributed by atoms with Gasteiger partial charge in [0.25, 0.3) is 0 Å². The summed E-state index contributed by atoms with van der Waals surface area (Å²) < 4.78 is 0. The lowest BCUT2D eigenvalue weighted by atomic mass is 10.00. The van der Waals surface area contributed by atoms with Crippen LogP contribution in [-0.2, 0) is 0 Å². The van der Waals surface area contributed by atoms with Crippen LogP contribution in [0.25, 0.3) is 33.6 Å². The highest BCUT2D eigenvalue weighted by Gasteiger charge is 2.09. The van der Waals surface area contributed by atoms with Crippen molar-refractivity contribution >= 4 is 0 Å². The maximum Gasteiger partial charge on any atom is 0.116 e. The van der Waals surface area contributed by atoms with E-state index in [9.17, 15) is 10.2 Å². The number of hydrogen-bond acceptors (Lipinski definition) is 3. The molecule has 0 radical (unpaired) electrons. The van der Waals surface area contributed by atoms with E-state index >= 15 is 0 Å². The van der Waals surface area contributed by atoms with Gasteiger partial charge < -0.3 is 10.2 Å². The molecule has 0 aliphatic carbocycles. The SMILES string of the molecule is Oc1ccc(-c2cc(-c3ccccc3)cc(-c3cccc(O)c3)n2)cc1. The fraction of sp³-hybridized carbons (Fsp3) is 0. The van der Waals surface area contributed by atoms with Crippen LogP contribution in [0.1, 0.15) is 0 Å². The van der Waals surface area contributed by atoms with Crippen LogP contribution >= 0.6 is 0 Å². The quantitative estimate of drug-likeness (QED) is 0.518. The first-order chi connectivity index (χ1) is 12.7. The first-order valence-corrected chi connectivity index (χ1v) is 8.35. The third kappa shape index (κ3) is 3.28. The molecule has 0 saturated carbocycles. The summed E-state index contributed by atoms with van der Waals surface area (Å²) in [5.74, 6) is 0.432. The van der Waals surface area contributed by atoms with Crippen LogP contribution in [0.2, 0.25) is 0 Å². The summed E-state index contributed by atoms with van der Waals surface area (Å²) in [6.45, 7) is 0. The van der Waals surface area contributed by atoms with Crippen LogP contribution in [0.5, 0.6) is 11.5 Å². The predicted octanol–water partition coefficient (Wildman–Crippen LogP) is 5.49. The van der Waals surface area contributed by atoms with Crippen LogP contribution in [0.3, 0.4) is 0 Å². The molecule has 0 aliphatic rings. The fourth-order valence-corrected chi connectivity index (χ4v) is 2.92. The van der Waals surface area contributed by atoms with Crippen LogP contribution in [-0.4, -0.2) is 15.2 Å². The molecule has 1 aromatic heterocycles. The lowest BCUT2D eigenvalue weighted by Crippen LogP contribution is -1.91. The van der Waals surface area contributed by atoms with Gasteiger partial charge in [-0.3, -0.25) is 0 Å². The molecule has 1 heterocycles. The Hall–Kier alpha value is -3.59. The van der Waals surface area contributed by atoms with Crippen molar-refractivity contribution in [3.05, 3.63) is 91.0 Å². The molecule has 4 aromatic rings. The summed E-state index contributed by atoms with van der Waals surface area (Å²) in [4.78, 5) is 4.78. The van der Waals surface area contributed by atoms with Crippen molar-refractivity contribution in [1.29, 1.82) is 0 Å². The Balaban J connectivity index is 1.91. The molecule has 3 heteroatoms. The van der Waals surface area contributed by atoms with Gasteiger partial charge in [0.15, 0.2) is 0 Å². The number of phenolic OH excluding ortho intramolecular Hbond substituents is 2. The van der Waals surface area contributed by atoms with Crippen molar-refractivity contribution in [2.75, 3.05) is 0 Å². The molecule has 26 heavy (non-hydrogen) atoms. The number of aromatic hydroxyl groups is 2. The monoisotopic (exact) mass is 339 g/mol. The molecule has 0 fully saturated rings. The van der Waals surface area contributed by atoms with Gasteiger partial charge in [0.05, 0.1) is 11.4 Å². The van der Waals surface area contributed by atoms with Gasteiger partial charge in [0.1, 0.15) is 11.5 Å². The normalized spacial score (nSPS) is 10.6. The Morgan fingerprint density at radius 2 is 1.12 bits per heavy atom. The third-order valence-electron chi connectivity index (χ3n) is 4.24. The van der Waals surface area contributed by atoms with E-state index in [0.717, 1.165) is 33.6 Å². The molecule has 2 N–H and O–H groups in total. The number of aromatic nitrogens is 1. The molecular formula is C23H17NO2. The lowest BCUT2D eigenvalue weighted by molar-refractivity contribution is 0.475. The molecule has 3 nitrogen and oxygen atoms in total. The molecule has 0 aliphatic heterocycles. The third-order valence-corrected chi connectivity index (χ3v) is 4.24. The summed E-state index contributed by atoms with van der Waals surface area (Å²) in [5, 5.41) is 19.4. The minimum absolute atomic E-state index is 0.209. The minimum Gasteiger partial charge on any atom is -0.508 e. The molecule has 4 rings (SSSR count). The van der Waals surface area contributed by atoms with Crippen LogP contribution < -0.4 is 0 Å². The lowest BCUT2D eigenvalue weighted by Gasteiger charge is -2.10. The van der Waals surface area contributed by atoms with Gasteiger partial charge in [-0.1, -0.05) is 42.5 Å². The van der Waals surface area contributed by atoms with Gasteiger partial charge in [-0.25, -0.2) is 4.98 Å². The number of benzene rings is 3. The highest BCUT2D eigenvalue weighted by Crippen LogP contribution is 2.31. The zero-order valence-corrected chi connectivity index (χ0v) is 14.0. The topological polar surface area (TPSA) is 53.4 Å². The largest absolute Gasteiger partial charge is 0.508 e.